The van der Waals surface area contributed by atoms with Gasteiger partial charge >= 0.3 is 18.1 Å². The number of oxime groups is 1. The standard InChI is InChI=1S/C38H30N8O6S3.C2HF3O2/c39-36-41-27(20-54-36)28(44-52-38(24-10-4-1-5-11-24,25-12-6-2-7-13-25)26-14-8-3-9-15-26)31(47)42-29-33(49)46-30(35(50)51)23(19-53-34(29)46)18-22-16-17-45(32(22)48)37-43-40-21-55-37;3-2(4,5)1(6)7/h1-15,18,20-21,29,34H,16-17,19H2,(H2,39,41)(H,42,47)(H,50,51);(H,6,7)/b22-18+,44-28-;/t29-,34-;/m1./s1. The number of nitrogens with two attached hydrogens (primary N) is 1. The van der Waals surface area contributed by atoms with E-state index in [-0.39, 0.29) is 33.9 Å². The highest BCUT2D eigenvalue weighted by Crippen LogP contribution is 2.43. The lowest BCUT2D eigenvalue weighted by Crippen LogP contribution is -2.71. The number of β-lactam (4-membered cyclic amide) rings is 1. The molecular formula is C40H31F3N8O8S3. The van der Waals surface area contributed by atoms with Crippen molar-refractivity contribution in [2.45, 2.75) is 29.6 Å². The van der Waals surface area contributed by atoms with Crippen LogP contribution in [0.15, 0.2) is 130 Å². The number of carbonyl (C=O) groups excluding carboxylic acids is 3. The molecule has 22 heteroatoms. The van der Waals surface area contributed by atoms with E-state index in [2.05, 4.69) is 25.7 Å². The molecule has 5 aromatic rings. The van der Waals surface area contributed by atoms with Gasteiger partial charge in [0.15, 0.2) is 10.8 Å². The lowest BCUT2D eigenvalue weighted by atomic mass is 9.80. The maximum Gasteiger partial charge on any atom is 0.490 e. The molecule has 2 fully saturated rings. The van der Waals surface area contributed by atoms with Crippen molar-refractivity contribution in [2.24, 2.45) is 5.16 Å². The molecule has 3 aliphatic heterocycles. The number of fused-ring (bicyclic) bond motifs is 1. The van der Waals surface area contributed by atoms with Gasteiger partial charge in [-0.25, -0.2) is 14.6 Å². The maximum absolute atomic E-state index is 14.2. The summed E-state index contributed by atoms with van der Waals surface area (Å²) in [5, 5.41) is 33.9. The van der Waals surface area contributed by atoms with Gasteiger partial charge in [0.05, 0.1) is 0 Å². The molecule has 0 saturated carbocycles. The number of nitrogens with one attached hydrogen (secondary N) is 1. The summed E-state index contributed by atoms with van der Waals surface area (Å²) in [6.07, 6.45) is -3.16. The van der Waals surface area contributed by atoms with Crippen molar-refractivity contribution in [1.82, 2.24) is 25.4 Å². The van der Waals surface area contributed by atoms with Crippen LogP contribution in [0.25, 0.3) is 0 Å². The number of aliphatic carboxylic acids is 2. The second-order valence-electron chi connectivity index (χ2n) is 13.3. The van der Waals surface area contributed by atoms with Crippen molar-refractivity contribution in [3.63, 3.8) is 0 Å². The van der Waals surface area contributed by atoms with Gasteiger partial charge in [0, 0.05) is 39.9 Å². The molecular weight excluding hydrogens is 874 g/mol. The maximum atomic E-state index is 14.2. The molecule has 62 heavy (non-hydrogen) atoms. The molecule has 5 heterocycles. The highest BCUT2D eigenvalue weighted by Gasteiger charge is 2.54. The number of thioether (sulfide) groups is 1. The topological polar surface area (TPSA) is 231 Å². The summed E-state index contributed by atoms with van der Waals surface area (Å²) in [7, 11) is 0. The average Bonchev–Trinajstić information content (AvgIpc) is 4.04. The monoisotopic (exact) mass is 904 g/mol. The molecule has 0 aliphatic carbocycles. The summed E-state index contributed by atoms with van der Waals surface area (Å²) in [4.78, 5) is 76.1. The second kappa shape index (κ2) is 18.0. The Morgan fingerprint density at radius 2 is 1.50 bits per heavy atom. The van der Waals surface area contributed by atoms with Gasteiger partial charge in [-0.1, -0.05) is 107 Å². The van der Waals surface area contributed by atoms with Crippen LogP contribution in [0.4, 0.5) is 23.4 Å². The quantitative estimate of drug-likeness (QED) is 0.0449. The van der Waals surface area contributed by atoms with Gasteiger partial charge in [-0.15, -0.1) is 33.3 Å². The fourth-order valence-corrected chi connectivity index (χ4v) is 9.22. The third-order valence-electron chi connectivity index (χ3n) is 9.58. The molecule has 2 atom stereocenters. The molecule has 0 unspecified atom stereocenters. The summed E-state index contributed by atoms with van der Waals surface area (Å²) >= 11 is 3.61. The van der Waals surface area contributed by atoms with Crippen LogP contribution in [0.5, 0.6) is 0 Å². The van der Waals surface area contributed by atoms with Crippen LogP contribution >= 0.6 is 34.4 Å². The molecule has 3 aromatic carbocycles. The number of hydrogen-bond acceptors (Lipinski definition) is 14. The van der Waals surface area contributed by atoms with Gasteiger partial charge in [0.1, 0.15) is 28.3 Å². The van der Waals surface area contributed by atoms with Crippen molar-refractivity contribution < 1.29 is 52.2 Å². The molecule has 8 rings (SSSR count). The zero-order valence-electron chi connectivity index (χ0n) is 31.6. The zero-order valence-corrected chi connectivity index (χ0v) is 34.1. The Labute approximate surface area is 361 Å². The smallest absolute Gasteiger partial charge is 0.477 e. The Bertz CT molecular complexity index is 2500. The van der Waals surface area contributed by atoms with Gasteiger partial charge in [-0.2, -0.15) is 13.2 Å². The van der Waals surface area contributed by atoms with Gasteiger partial charge < -0.3 is 26.1 Å². The number of anilines is 2. The summed E-state index contributed by atoms with van der Waals surface area (Å²) in [5.74, 6) is -5.60. The number of carbonyl (C=O) groups is 5. The number of allylic oxidation sites excluding steroid dienone is 1. The summed E-state index contributed by atoms with van der Waals surface area (Å²) < 4.78 is 31.7. The number of nitrogen functional groups attached to an aromatic ring is 1. The van der Waals surface area contributed by atoms with Gasteiger partial charge in [-0.3, -0.25) is 24.2 Å². The van der Waals surface area contributed by atoms with E-state index in [1.807, 2.05) is 91.0 Å². The molecule has 0 spiro atoms. The minimum Gasteiger partial charge on any atom is -0.477 e. The molecule has 0 bridgehead atoms. The third-order valence-corrected chi connectivity index (χ3v) is 12.3. The Kier molecular flexibility index (Phi) is 12.5. The number of thiazole rings is 1. The summed E-state index contributed by atoms with van der Waals surface area (Å²) in [6, 6.07) is 27.3. The molecule has 3 aliphatic rings. The first kappa shape index (κ1) is 43.2. The molecule has 16 nitrogen and oxygen atoms in total. The number of nitrogens with zero attached hydrogens (tertiary/aromatic N) is 6. The van der Waals surface area contributed by atoms with Crippen molar-refractivity contribution in [3.8, 4) is 0 Å². The first-order valence-electron chi connectivity index (χ1n) is 18.2. The molecule has 2 saturated heterocycles. The van der Waals surface area contributed by atoms with E-state index < -0.39 is 46.9 Å². The first-order chi connectivity index (χ1) is 29.7. The number of carboxylic acids is 2. The number of rotatable bonds is 11. The Morgan fingerprint density at radius 1 is 0.919 bits per heavy atom. The minimum absolute atomic E-state index is 0.131. The largest absolute Gasteiger partial charge is 0.490 e. The molecule has 0 radical (unpaired) electrons. The lowest BCUT2D eigenvalue weighted by molar-refractivity contribution is -0.192. The highest BCUT2D eigenvalue weighted by molar-refractivity contribution is 8.00. The van der Waals surface area contributed by atoms with E-state index in [0.717, 1.165) is 32.9 Å². The number of halogens is 3. The van der Waals surface area contributed by atoms with E-state index in [9.17, 15) is 37.5 Å². The number of alkyl halides is 3. The second-order valence-corrected chi connectivity index (χ2v) is 16.1. The number of aromatic nitrogens is 3. The van der Waals surface area contributed by atoms with Crippen LogP contribution in [0, 0.1) is 0 Å². The molecule has 2 aromatic heterocycles. The number of carboxylic acid groups (broad SMARTS) is 2. The highest BCUT2D eigenvalue weighted by atomic mass is 32.2. The van der Waals surface area contributed by atoms with Crippen LogP contribution < -0.4 is 16.0 Å². The first-order valence-corrected chi connectivity index (χ1v) is 21.0. The van der Waals surface area contributed by atoms with Gasteiger partial charge in [-0.05, 0) is 18.1 Å². The SMILES string of the molecule is Nc1nc(/C(=N/OC(c2ccccc2)(c2ccccc2)c2ccccc2)C(=O)N[C@@H]2C(=O)N3C(C(=O)O)=C(/C=C4\CCN(c5nncs5)C4=O)CS[C@H]23)cs1.O=C(O)C(F)(F)F. The van der Waals surface area contributed by atoms with Gasteiger partial charge in [0.2, 0.25) is 10.7 Å². The van der Waals surface area contributed by atoms with Crippen LogP contribution in [0.3, 0.4) is 0 Å². The third kappa shape index (κ3) is 8.64. The van der Waals surface area contributed by atoms with Crippen molar-refractivity contribution in [2.75, 3.05) is 22.9 Å². The van der Waals surface area contributed by atoms with Crippen LogP contribution in [-0.4, -0.2) is 95.6 Å². The number of benzene rings is 3. The molecule has 3 amide bonds. The van der Waals surface area contributed by atoms with E-state index in [4.69, 9.17) is 20.5 Å². The minimum atomic E-state index is -5.08. The van der Waals surface area contributed by atoms with Crippen molar-refractivity contribution in [3.05, 3.63) is 147 Å². The number of amides is 3. The van der Waals surface area contributed by atoms with E-state index in [0.29, 0.717) is 29.2 Å². The predicted molar refractivity (Wildman–Crippen MR) is 222 cm³/mol. The fourth-order valence-electron chi connectivity index (χ4n) is 6.78. The van der Waals surface area contributed by atoms with Crippen LogP contribution in [0.2, 0.25) is 0 Å². The van der Waals surface area contributed by atoms with Crippen LogP contribution in [0.1, 0.15) is 28.8 Å². The lowest BCUT2D eigenvalue weighted by Gasteiger charge is -2.49. The van der Waals surface area contributed by atoms with E-state index in [1.54, 1.807) is 11.5 Å². The van der Waals surface area contributed by atoms with Crippen molar-refractivity contribution in [1.29, 1.82) is 0 Å². The van der Waals surface area contributed by atoms with Crippen LogP contribution in [-0.2, 0) is 34.4 Å². The van der Waals surface area contributed by atoms with E-state index in [1.165, 1.54) is 33.5 Å². The Hall–Kier alpha value is -6.91. The molecule has 5 N–H and O–H groups in total. The Balaban J connectivity index is 0.000000762. The van der Waals surface area contributed by atoms with Gasteiger partial charge in [0.25, 0.3) is 17.7 Å². The number of hydrogen-bond donors (Lipinski definition) is 4. The van der Waals surface area contributed by atoms with Crippen molar-refractivity contribution >= 4 is 80.1 Å². The van der Waals surface area contributed by atoms with E-state index >= 15 is 0 Å². The summed E-state index contributed by atoms with van der Waals surface area (Å²) in [6.45, 7) is 0.378. The fraction of sp³-hybridized carbons (Fsp3) is 0.175. The molecule has 318 valence electrons. The zero-order chi connectivity index (χ0) is 44.2. The normalized spacial score (nSPS) is 18.4. The Morgan fingerprint density at radius 3 is 1.98 bits per heavy atom. The predicted octanol–water partition coefficient (Wildman–Crippen LogP) is 5.02. The average molecular weight is 905 g/mol. The summed E-state index contributed by atoms with van der Waals surface area (Å²) in [5.41, 5.74) is 8.81.